The Labute approximate surface area is 83.5 Å². The lowest BCUT2D eigenvalue weighted by atomic mass is 9.97. The minimum atomic E-state index is 0.555. The topological polar surface area (TPSA) is 55.9 Å². The summed E-state index contributed by atoms with van der Waals surface area (Å²) in [4.78, 5) is 0. The summed E-state index contributed by atoms with van der Waals surface area (Å²) in [7, 11) is 0. The first kappa shape index (κ1) is 8.29. The standard InChI is InChI=1S/C10H16N4/c11-10-8-3-1-2-4-9(8)14(13-10)7-5-12-6-7/h7,12H,1-6H2,(H2,11,13). The van der Waals surface area contributed by atoms with Gasteiger partial charge in [0, 0.05) is 24.3 Å². The Kier molecular flexibility index (Phi) is 1.77. The zero-order chi connectivity index (χ0) is 9.54. The molecule has 0 radical (unpaired) electrons. The van der Waals surface area contributed by atoms with Crippen molar-refractivity contribution < 1.29 is 0 Å². The first-order valence-corrected chi connectivity index (χ1v) is 5.42. The van der Waals surface area contributed by atoms with E-state index < -0.39 is 0 Å². The second kappa shape index (κ2) is 2.98. The van der Waals surface area contributed by atoms with Gasteiger partial charge in [-0.25, -0.2) is 0 Å². The fourth-order valence-corrected chi connectivity index (χ4v) is 2.40. The molecule has 14 heavy (non-hydrogen) atoms. The van der Waals surface area contributed by atoms with Gasteiger partial charge in [-0.3, -0.25) is 4.68 Å². The molecule has 0 spiro atoms. The number of nitrogens with two attached hydrogens (primary N) is 1. The lowest BCUT2D eigenvalue weighted by Crippen LogP contribution is -2.44. The van der Waals surface area contributed by atoms with Gasteiger partial charge in [-0.15, -0.1) is 0 Å². The molecule has 1 aromatic heterocycles. The molecule has 1 saturated heterocycles. The van der Waals surface area contributed by atoms with E-state index in [9.17, 15) is 0 Å². The molecule has 0 unspecified atom stereocenters. The van der Waals surface area contributed by atoms with E-state index in [0.29, 0.717) is 6.04 Å². The van der Waals surface area contributed by atoms with Crippen molar-refractivity contribution in [1.82, 2.24) is 15.1 Å². The Hall–Kier alpha value is -1.03. The fourth-order valence-electron chi connectivity index (χ4n) is 2.40. The SMILES string of the molecule is Nc1nn(C2CNC2)c2c1CCCC2. The molecule has 2 heterocycles. The highest BCUT2D eigenvalue weighted by Crippen LogP contribution is 2.28. The molecule has 0 saturated carbocycles. The van der Waals surface area contributed by atoms with Crippen molar-refractivity contribution in [2.24, 2.45) is 0 Å². The number of anilines is 1. The third-order valence-corrected chi connectivity index (χ3v) is 3.35. The van der Waals surface area contributed by atoms with Crippen LogP contribution in [0.3, 0.4) is 0 Å². The zero-order valence-corrected chi connectivity index (χ0v) is 8.29. The van der Waals surface area contributed by atoms with Crippen LogP contribution in [0, 0.1) is 0 Å². The molecule has 2 aliphatic rings. The molecule has 0 bridgehead atoms. The summed E-state index contributed by atoms with van der Waals surface area (Å²) >= 11 is 0. The van der Waals surface area contributed by atoms with Gasteiger partial charge in [0.2, 0.25) is 0 Å². The van der Waals surface area contributed by atoms with E-state index in [1.807, 2.05) is 0 Å². The third-order valence-electron chi connectivity index (χ3n) is 3.35. The molecular weight excluding hydrogens is 176 g/mol. The molecule has 1 fully saturated rings. The summed E-state index contributed by atoms with van der Waals surface area (Å²) in [5.41, 5.74) is 8.65. The lowest BCUT2D eigenvalue weighted by Gasteiger charge is -2.29. The molecule has 4 heteroatoms. The number of nitrogens with zero attached hydrogens (tertiary/aromatic N) is 2. The van der Waals surface area contributed by atoms with Gasteiger partial charge in [0.25, 0.3) is 0 Å². The Morgan fingerprint density at radius 3 is 2.79 bits per heavy atom. The van der Waals surface area contributed by atoms with Crippen LogP contribution in [-0.4, -0.2) is 22.9 Å². The van der Waals surface area contributed by atoms with Crippen LogP contribution in [0.15, 0.2) is 0 Å². The molecule has 0 aromatic carbocycles. The van der Waals surface area contributed by atoms with Crippen molar-refractivity contribution in [2.75, 3.05) is 18.8 Å². The normalized spacial score (nSPS) is 21.7. The monoisotopic (exact) mass is 192 g/mol. The van der Waals surface area contributed by atoms with E-state index in [2.05, 4.69) is 15.1 Å². The van der Waals surface area contributed by atoms with Gasteiger partial charge >= 0.3 is 0 Å². The highest BCUT2D eigenvalue weighted by molar-refractivity contribution is 5.44. The number of hydrogen-bond donors (Lipinski definition) is 2. The highest BCUT2D eigenvalue weighted by Gasteiger charge is 2.26. The third kappa shape index (κ3) is 1.07. The van der Waals surface area contributed by atoms with Crippen LogP contribution in [0.5, 0.6) is 0 Å². The van der Waals surface area contributed by atoms with Gasteiger partial charge < -0.3 is 11.1 Å². The lowest BCUT2D eigenvalue weighted by molar-refractivity contribution is 0.309. The van der Waals surface area contributed by atoms with Gasteiger partial charge in [0.1, 0.15) is 5.82 Å². The van der Waals surface area contributed by atoms with Crippen LogP contribution in [0.25, 0.3) is 0 Å². The fraction of sp³-hybridized carbons (Fsp3) is 0.700. The second-order valence-electron chi connectivity index (χ2n) is 4.27. The molecule has 3 N–H and O–H groups in total. The molecule has 0 atom stereocenters. The average Bonchev–Trinajstić information content (AvgIpc) is 2.43. The van der Waals surface area contributed by atoms with Crippen molar-refractivity contribution in [2.45, 2.75) is 31.7 Å². The maximum Gasteiger partial charge on any atom is 0.148 e. The van der Waals surface area contributed by atoms with Crippen molar-refractivity contribution in [3.05, 3.63) is 11.3 Å². The Bertz CT molecular complexity index is 351. The molecule has 1 aliphatic heterocycles. The van der Waals surface area contributed by atoms with Gasteiger partial charge in [-0.05, 0) is 25.7 Å². The Morgan fingerprint density at radius 2 is 2.07 bits per heavy atom. The molecule has 0 amide bonds. The minimum Gasteiger partial charge on any atom is -0.382 e. The summed E-state index contributed by atoms with van der Waals surface area (Å²) in [5, 5.41) is 7.74. The minimum absolute atomic E-state index is 0.555. The van der Waals surface area contributed by atoms with E-state index >= 15 is 0 Å². The van der Waals surface area contributed by atoms with Gasteiger partial charge in [-0.1, -0.05) is 0 Å². The van der Waals surface area contributed by atoms with E-state index in [1.54, 1.807) is 0 Å². The summed E-state index contributed by atoms with van der Waals surface area (Å²) in [6, 6.07) is 0.555. The Balaban J connectivity index is 2.02. The highest BCUT2D eigenvalue weighted by atomic mass is 15.4. The predicted octanol–water partition coefficient (Wildman–Crippen LogP) is 0.488. The van der Waals surface area contributed by atoms with E-state index in [1.165, 1.54) is 24.1 Å². The zero-order valence-electron chi connectivity index (χ0n) is 8.29. The first-order chi connectivity index (χ1) is 6.86. The summed E-state index contributed by atoms with van der Waals surface area (Å²) in [5.74, 6) is 0.770. The summed E-state index contributed by atoms with van der Waals surface area (Å²) < 4.78 is 2.17. The van der Waals surface area contributed by atoms with Gasteiger partial charge in [0.05, 0.1) is 6.04 Å². The molecule has 3 rings (SSSR count). The van der Waals surface area contributed by atoms with Crippen LogP contribution in [0.4, 0.5) is 5.82 Å². The summed E-state index contributed by atoms with van der Waals surface area (Å²) in [6.45, 7) is 2.10. The molecule has 76 valence electrons. The van der Waals surface area contributed by atoms with Crippen molar-refractivity contribution >= 4 is 5.82 Å². The first-order valence-electron chi connectivity index (χ1n) is 5.42. The maximum absolute atomic E-state index is 5.93. The van der Waals surface area contributed by atoms with Crippen LogP contribution in [0.1, 0.15) is 30.1 Å². The smallest absolute Gasteiger partial charge is 0.148 e. The maximum atomic E-state index is 5.93. The van der Waals surface area contributed by atoms with Crippen molar-refractivity contribution in [1.29, 1.82) is 0 Å². The van der Waals surface area contributed by atoms with Gasteiger partial charge in [0.15, 0.2) is 0 Å². The number of nitrogens with one attached hydrogen (secondary N) is 1. The summed E-state index contributed by atoms with van der Waals surface area (Å²) in [6.07, 6.45) is 4.85. The Morgan fingerprint density at radius 1 is 1.29 bits per heavy atom. The number of fused-ring (bicyclic) bond motifs is 1. The van der Waals surface area contributed by atoms with Crippen LogP contribution in [0.2, 0.25) is 0 Å². The second-order valence-corrected chi connectivity index (χ2v) is 4.27. The van der Waals surface area contributed by atoms with Crippen molar-refractivity contribution in [3.8, 4) is 0 Å². The van der Waals surface area contributed by atoms with Gasteiger partial charge in [-0.2, -0.15) is 5.10 Å². The van der Waals surface area contributed by atoms with E-state index in [0.717, 1.165) is 31.7 Å². The van der Waals surface area contributed by atoms with E-state index in [4.69, 9.17) is 5.73 Å². The molecular formula is C10H16N4. The number of aromatic nitrogens is 2. The predicted molar refractivity (Wildman–Crippen MR) is 55.2 cm³/mol. The number of rotatable bonds is 1. The molecule has 1 aromatic rings. The molecule has 4 nitrogen and oxygen atoms in total. The van der Waals surface area contributed by atoms with Crippen LogP contribution < -0.4 is 11.1 Å². The van der Waals surface area contributed by atoms with Crippen LogP contribution >= 0.6 is 0 Å². The molecule has 1 aliphatic carbocycles. The number of nitrogen functional groups attached to an aromatic ring is 1. The number of hydrogen-bond acceptors (Lipinski definition) is 3. The largest absolute Gasteiger partial charge is 0.382 e. The average molecular weight is 192 g/mol. The quantitative estimate of drug-likeness (QED) is 0.681. The van der Waals surface area contributed by atoms with Crippen LogP contribution in [-0.2, 0) is 12.8 Å². The van der Waals surface area contributed by atoms with E-state index in [-0.39, 0.29) is 0 Å². The van der Waals surface area contributed by atoms with Crippen molar-refractivity contribution in [3.63, 3.8) is 0 Å².